The molecule has 0 saturated carbocycles. The third kappa shape index (κ3) is 4.09. The summed E-state index contributed by atoms with van der Waals surface area (Å²) >= 11 is 0. The van der Waals surface area contributed by atoms with Crippen molar-refractivity contribution in [2.75, 3.05) is 26.3 Å². The molecule has 2 heterocycles. The lowest BCUT2D eigenvalue weighted by Gasteiger charge is -2.32. The SMILES string of the molecule is C#CCOCC1CCCN(C(=O)c2cc(-c3ccccc3)nn2C)C1. The Hall–Kier alpha value is -2.58. The molecule has 1 aromatic carbocycles. The van der Waals surface area contributed by atoms with Crippen LogP contribution >= 0.6 is 0 Å². The van der Waals surface area contributed by atoms with Gasteiger partial charge >= 0.3 is 0 Å². The van der Waals surface area contributed by atoms with E-state index in [-0.39, 0.29) is 5.91 Å². The average Bonchev–Trinajstić information content (AvgIpc) is 3.04. The van der Waals surface area contributed by atoms with Gasteiger partial charge in [0.15, 0.2) is 0 Å². The van der Waals surface area contributed by atoms with Gasteiger partial charge in [-0.05, 0) is 18.9 Å². The van der Waals surface area contributed by atoms with Crippen molar-refractivity contribution in [1.82, 2.24) is 14.7 Å². The first-order valence-electron chi connectivity index (χ1n) is 8.59. The van der Waals surface area contributed by atoms with E-state index in [2.05, 4.69) is 11.0 Å². The van der Waals surface area contributed by atoms with Gasteiger partial charge in [0.1, 0.15) is 12.3 Å². The van der Waals surface area contributed by atoms with Crippen molar-refractivity contribution in [3.8, 4) is 23.6 Å². The number of carbonyl (C=O) groups excluding carboxylic acids is 1. The molecule has 0 spiro atoms. The summed E-state index contributed by atoms with van der Waals surface area (Å²) in [5.74, 6) is 2.85. The monoisotopic (exact) mass is 337 g/mol. The van der Waals surface area contributed by atoms with Crippen LogP contribution in [0.3, 0.4) is 0 Å². The Morgan fingerprint density at radius 1 is 1.40 bits per heavy atom. The van der Waals surface area contributed by atoms with Crippen molar-refractivity contribution >= 4 is 5.91 Å². The normalized spacial score (nSPS) is 17.3. The van der Waals surface area contributed by atoms with E-state index in [1.165, 1.54) is 0 Å². The fourth-order valence-corrected chi connectivity index (χ4v) is 3.25. The Morgan fingerprint density at radius 3 is 2.96 bits per heavy atom. The summed E-state index contributed by atoms with van der Waals surface area (Å²) in [6, 6.07) is 11.8. The second-order valence-corrected chi connectivity index (χ2v) is 6.38. The molecule has 1 amide bonds. The minimum Gasteiger partial charge on any atom is -0.368 e. The van der Waals surface area contributed by atoms with Crippen molar-refractivity contribution in [3.63, 3.8) is 0 Å². The van der Waals surface area contributed by atoms with Crippen molar-refractivity contribution in [2.45, 2.75) is 12.8 Å². The maximum atomic E-state index is 12.9. The van der Waals surface area contributed by atoms with Crippen LogP contribution in [0, 0.1) is 18.3 Å². The summed E-state index contributed by atoms with van der Waals surface area (Å²) in [6.45, 7) is 2.41. The zero-order valence-corrected chi connectivity index (χ0v) is 14.5. The molecular weight excluding hydrogens is 314 g/mol. The number of terminal acetylenes is 1. The highest BCUT2D eigenvalue weighted by atomic mass is 16.5. The van der Waals surface area contributed by atoms with Crippen molar-refractivity contribution in [3.05, 3.63) is 42.1 Å². The van der Waals surface area contributed by atoms with Gasteiger partial charge in [-0.15, -0.1) is 6.42 Å². The van der Waals surface area contributed by atoms with Crippen LogP contribution in [0.1, 0.15) is 23.3 Å². The lowest BCUT2D eigenvalue weighted by atomic mass is 9.98. The summed E-state index contributed by atoms with van der Waals surface area (Å²) < 4.78 is 7.12. The molecule has 5 nitrogen and oxygen atoms in total. The number of amides is 1. The first-order valence-corrected chi connectivity index (χ1v) is 8.59. The Morgan fingerprint density at radius 2 is 2.20 bits per heavy atom. The smallest absolute Gasteiger partial charge is 0.272 e. The molecule has 0 aliphatic carbocycles. The summed E-state index contributed by atoms with van der Waals surface area (Å²) in [4.78, 5) is 14.8. The number of nitrogens with zero attached hydrogens (tertiary/aromatic N) is 3. The van der Waals surface area contributed by atoms with E-state index in [0.29, 0.717) is 31.4 Å². The van der Waals surface area contributed by atoms with Crippen molar-refractivity contribution in [1.29, 1.82) is 0 Å². The minimum absolute atomic E-state index is 0.0267. The Labute approximate surface area is 148 Å². The average molecular weight is 337 g/mol. The summed E-state index contributed by atoms with van der Waals surface area (Å²) in [6.07, 6.45) is 7.26. The highest BCUT2D eigenvalue weighted by molar-refractivity contribution is 5.93. The largest absolute Gasteiger partial charge is 0.368 e. The number of piperidine rings is 1. The van der Waals surface area contributed by atoms with Crippen molar-refractivity contribution in [2.24, 2.45) is 13.0 Å². The van der Waals surface area contributed by atoms with E-state index in [0.717, 1.165) is 30.6 Å². The highest BCUT2D eigenvalue weighted by Gasteiger charge is 2.26. The lowest BCUT2D eigenvalue weighted by molar-refractivity contribution is 0.0525. The highest BCUT2D eigenvalue weighted by Crippen LogP contribution is 2.22. The summed E-state index contributed by atoms with van der Waals surface area (Å²) in [5.41, 5.74) is 2.44. The molecule has 1 aliphatic rings. The van der Waals surface area contributed by atoms with Crippen LogP contribution in [-0.2, 0) is 11.8 Å². The van der Waals surface area contributed by atoms with Gasteiger partial charge < -0.3 is 9.64 Å². The number of aryl methyl sites for hydroxylation is 1. The number of likely N-dealkylation sites (tertiary alicyclic amines) is 1. The van der Waals surface area contributed by atoms with Gasteiger partial charge in [0.2, 0.25) is 0 Å². The van der Waals surface area contributed by atoms with Crippen LogP contribution in [-0.4, -0.2) is 46.9 Å². The molecule has 1 aromatic heterocycles. The van der Waals surface area contributed by atoms with Gasteiger partial charge in [-0.3, -0.25) is 9.48 Å². The van der Waals surface area contributed by atoms with Gasteiger partial charge in [-0.25, -0.2) is 0 Å². The van der Waals surface area contributed by atoms with Crippen LogP contribution in [0.15, 0.2) is 36.4 Å². The number of ether oxygens (including phenoxy) is 1. The van der Waals surface area contributed by atoms with Crippen LogP contribution < -0.4 is 0 Å². The van der Waals surface area contributed by atoms with Gasteiger partial charge in [-0.1, -0.05) is 36.3 Å². The van der Waals surface area contributed by atoms with E-state index in [4.69, 9.17) is 11.2 Å². The van der Waals surface area contributed by atoms with Gasteiger partial charge in [0.25, 0.3) is 5.91 Å². The van der Waals surface area contributed by atoms with Crippen LogP contribution in [0.2, 0.25) is 0 Å². The maximum absolute atomic E-state index is 12.9. The molecule has 1 saturated heterocycles. The number of rotatable bonds is 5. The predicted octanol–water partition coefficient (Wildman–Crippen LogP) is 2.59. The van der Waals surface area contributed by atoms with Gasteiger partial charge in [0, 0.05) is 31.6 Å². The summed E-state index contributed by atoms with van der Waals surface area (Å²) in [7, 11) is 1.82. The first-order chi connectivity index (χ1) is 12.2. The van der Waals surface area contributed by atoms with Crippen molar-refractivity contribution < 1.29 is 9.53 Å². The molecule has 5 heteroatoms. The fraction of sp³-hybridized carbons (Fsp3) is 0.400. The first kappa shape index (κ1) is 17.2. The zero-order chi connectivity index (χ0) is 17.6. The molecule has 3 rings (SSSR count). The zero-order valence-electron chi connectivity index (χ0n) is 14.5. The number of hydrogen-bond acceptors (Lipinski definition) is 3. The fourth-order valence-electron chi connectivity index (χ4n) is 3.25. The van der Waals surface area contributed by atoms with Crippen LogP contribution in [0.25, 0.3) is 11.3 Å². The Bertz CT molecular complexity index is 761. The molecule has 0 radical (unpaired) electrons. The maximum Gasteiger partial charge on any atom is 0.272 e. The standard InChI is InChI=1S/C20H23N3O2/c1-3-12-25-15-16-8-7-11-23(14-16)20(24)19-13-18(21-22(19)2)17-9-5-4-6-10-17/h1,4-6,9-10,13,16H,7-8,11-12,14-15H2,2H3. The molecule has 130 valence electrons. The van der Waals surface area contributed by atoms with Crippen LogP contribution in [0.4, 0.5) is 0 Å². The number of benzene rings is 1. The second kappa shape index (κ2) is 8.00. The summed E-state index contributed by atoms with van der Waals surface area (Å²) in [5, 5.41) is 4.50. The van der Waals surface area contributed by atoms with E-state index < -0.39 is 0 Å². The van der Waals surface area contributed by atoms with E-state index in [1.807, 2.05) is 48.3 Å². The Balaban J connectivity index is 1.70. The molecular formula is C20H23N3O2. The molecule has 2 aromatic rings. The number of aromatic nitrogens is 2. The number of hydrogen-bond donors (Lipinski definition) is 0. The molecule has 1 atom stereocenters. The molecule has 1 fully saturated rings. The third-order valence-electron chi connectivity index (χ3n) is 4.51. The van der Waals surface area contributed by atoms with Gasteiger partial charge in [0.05, 0.1) is 12.3 Å². The molecule has 25 heavy (non-hydrogen) atoms. The Kier molecular flexibility index (Phi) is 5.52. The van der Waals surface area contributed by atoms with Gasteiger partial charge in [-0.2, -0.15) is 5.10 Å². The predicted molar refractivity (Wildman–Crippen MR) is 96.9 cm³/mol. The third-order valence-corrected chi connectivity index (χ3v) is 4.51. The lowest BCUT2D eigenvalue weighted by Crippen LogP contribution is -2.41. The van der Waals surface area contributed by atoms with E-state index in [1.54, 1.807) is 4.68 Å². The second-order valence-electron chi connectivity index (χ2n) is 6.38. The molecule has 1 aliphatic heterocycles. The topological polar surface area (TPSA) is 47.4 Å². The van der Waals surface area contributed by atoms with E-state index >= 15 is 0 Å². The number of carbonyl (C=O) groups is 1. The van der Waals surface area contributed by atoms with E-state index in [9.17, 15) is 4.79 Å². The molecule has 0 bridgehead atoms. The quantitative estimate of drug-likeness (QED) is 0.622. The molecule has 0 N–H and O–H groups in total. The molecule has 1 unspecified atom stereocenters. The minimum atomic E-state index is 0.0267. The van der Waals surface area contributed by atoms with Crippen LogP contribution in [0.5, 0.6) is 0 Å².